The SMILES string of the molecule is Cc1ncc2nc(Cl)cc(Cl)n12. The second-order valence-corrected chi connectivity index (χ2v) is 3.18. The summed E-state index contributed by atoms with van der Waals surface area (Å²) in [5.41, 5.74) is 0.671. The van der Waals surface area contributed by atoms with Crippen molar-refractivity contribution in [2.24, 2.45) is 0 Å². The molecule has 0 atom stereocenters. The van der Waals surface area contributed by atoms with Crippen LogP contribution in [0.3, 0.4) is 0 Å². The van der Waals surface area contributed by atoms with E-state index >= 15 is 0 Å². The fraction of sp³-hybridized carbons (Fsp3) is 0.143. The Kier molecular flexibility index (Phi) is 1.70. The predicted molar refractivity (Wildman–Crippen MR) is 47.7 cm³/mol. The molecule has 3 nitrogen and oxygen atoms in total. The molecule has 0 aliphatic carbocycles. The predicted octanol–water partition coefficient (Wildman–Crippen LogP) is 2.34. The standard InChI is InChI=1S/C7H5Cl2N3/c1-4-10-3-7-11-5(8)2-6(9)12(4)7/h2-3H,1H3. The lowest BCUT2D eigenvalue weighted by Crippen LogP contribution is -1.92. The molecule has 0 fully saturated rings. The average Bonchev–Trinajstić information content (AvgIpc) is 2.31. The summed E-state index contributed by atoms with van der Waals surface area (Å²) in [4.78, 5) is 8.09. The Morgan fingerprint density at radius 3 is 2.92 bits per heavy atom. The van der Waals surface area contributed by atoms with Crippen LogP contribution in [0.5, 0.6) is 0 Å². The summed E-state index contributed by atoms with van der Waals surface area (Å²) in [6.07, 6.45) is 1.63. The molecule has 62 valence electrons. The highest BCUT2D eigenvalue weighted by atomic mass is 35.5. The van der Waals surface area contributed by atoms with Crippen LogP contribution in [-0.2, 0) is 0 Å². The number of hydrogen-bond donors (Lipinski definition) is 0. The topological polar surface area (TPSA) is 30.2 Å². The Balaban J connectivity index is 2.93. The normalized spacial score (nSPS) is 10.9. The van der Waals surface area contributed by atoms with E-state index in [2.05, 4.69) is 9.97 Å². The second-order valence-electron chi connectivity index (χ2n) is 2.40. The molecule has 0 amide bonds. The van der Waals surface area contributed by atoms with Crippen LogP contribution < -0.4 is 0 Å². The zero-order chi connectivity index (χ0) is 8.72. The maximum Gasteiger partial charge on any atom is 0.159 e. The van der Waals surface area contributed by atoms with Crippen molar-refractivity contribution in [1.29, 1.82) is 0 Å². The van der Waals surface area contributed by atoms with Gasteiger partial charge in [-0.15, -0.1) is 0 Å². The zero-order valence-electron chi connectivity index (χ0n) is 6.25. The van der Waals surface area contributed by atoms with Crippen molar-refractivity contribution in [1.82, 2.24) is 14.4 Å². The van der Waals surface area contributed by atoms with Crippen molar-refractivity contribution in [2.75, 3.05) is 0 Å². The maximum absolute atomic E-state index is 5.91. The van der Waals surface area contributed by atoms with Gasteiger partial charge >= 0.3 is 0 Å². The number of aryl methyl sites for hydroxylation is 1. The molecule has 0 N–H and O–H groups in total. The Morgan fingerprint density at radius 2 is 2.17 bits per heavy atom. The van der Waals surface area contributed by atoms with E-state index in [1.165, 1.54) is 0 Å². The van der Waals surface area contributed by atoms with E-state index in [0.29, 0.717) is 16.0 Å². The lowest BCUT2D eigenvalue weighted by Gasteiger charge is -1.98. The van der Waals surface area contributed by atoms with E-state index in [1.807, 2.05) is 6.92 Å². The Labute approximate surface area is 79.0 Å². The van der Waals surface area contributed by atoms with E-state index < -0.39 is 0 Å². The highest BCUT2D eigenvalue weighted by molar-refractivity contribution is 6.33. The first kappa shape index (κ1) is 7.83. The summed E-state index contributed by atoms with van der Waals surface area (Å²) in [5, 5.41) is 0.910. The molecule has 0 spiro atoms. The number of rotatable bonds is 0. The molecule has 0 aliphatic heterocycles. The van der Waals surface area contributed by atoms with Crippen LogP contribution in [0.2, 0.25) is 10.3 Å². The van der Waals surface area contributed by atoms with Crippen molar-refractivity contribution in [2.45, 2.75) is 6.92 Å². The van der Waals surface area contributed by atoms with Crippen LogP contribution in [0, 0.1) is 6.92 Å². The molecule has 2 aromatic rings. The highest BCUT2D eigenvalue weighted by Gasteiger charge is 2.04. The molecule has 12 heavy (non-hydrogen) atoms. The number of nitrogens with zero attached hydrogens (tertiary/aromatic N) is 3. The van der Waals surface area contributed by atoms with Crippen LogP contribution in [0.15, 0.2) is 12.3 Å². The van der Waals surface area contributed by atoms with Crippen LogP contribution in [-0.4, -0.2) is 14.4 Å². The number of halogens is 2. The summed E-state index contributed by atoms with van der Waals surface area (Å²) in [6.45, 7) is 1.86. The van der Waals surface area contributed by atoms with Gasteiger partial charge in [-0.2, -0.15) is 0 Å². The van der Waals surface area contributed by atoms with Gasteiger partial charge in [-0.05, 0) is 6.92 Å². The molecule has 0 unspecified atom stereocenters. The highest BCUT2D eigenvalue weighted by Crippen LogP contribution is 2.17. The van der Waals surface area contributed by atoms with Crippen LogP contribution in [0.4, 0.5) is 0 Å². The summed E-state index contributed by atoms with van der Waals surface area (Å²) < 4.78 is 1.73. The second kappa shape index (κ2) is 2.61. The molecule has 5 heteroatoms. The molecule has 0 radical (unpaired) electrons. The molecule has 2 aromatic heterocycles. The van der Waals surface area contributed by atoms with E-state index in [9.17, 15) is 0 Å². The summed E-state index contributed by atoms with van der Waals surface area (Å²) in [5.74, 6) is 0.805. The molecule has 2 rings (SSSR count). The van der Waals surface area contributed by atoms with Crippen molar-refractivity contribution >= 4 is 28.8 Å². The lowest BCUT2D eigenvalue weighted by atomic mass is 10.6. The zero-order valence-corrected chi connectivity index (χ0v) is 7.76. The first-order chi connectivity index (χ1) is 5.68. The Morgan fingerprint density at radius 1 is 1.42 bits per heavy atom. The van der Waals surface area contributed by atoms with Crippen molar-refractivity contribution in [3.05, 3.63) is 28.4 Å². The van der Waals surface area contributed by atoms with Gasteiger partial charge in [0, 0.05) is 6.07 Å². The van der Waals surface area contributed by atoms with Crippen molar-refractivity contribution < 1.29 is 0 Å². The Hall–Kier alpha value is -0.800. The van der Waals surface area contributed by atoms with Gasteiger partial charge in [0.05, 0.1) is 6.20 Å². The van der Waals surface area contributed by atoms with Gasteiger partial charge < -0.3 is 0 Å². The number of fused-ring (bicyclic) bond motifs is 1. The molecular formula is C7H5Cl2N3. The van der Waals surface area contributed by atoms with Crippen LogP contribution >= 0.6 is 23.2 Å². The largest absolute Gasteiger partial charge is 0.271 e. The molecule has 2 heterocycles. The summed E-state index contributed by atoms with van der Waals surface area (Å²) in [7, 11) is 0. The number of imidazole rings is 1. The Bertz CT molecular complexity index is 435. The van der Waals surface area contributed by atoms with Gasteiger partial charge in [-0.3, -0.25) is 4.40 Å². The lowest BCUT2D eigenvalue weighted by molar-refractivity contribution is 1.02. The minimum atomic E-state index is 0.382. The molecular weight excluding hydrogens is 197 g/mol. The van der Waals surface area contributed by atoms with Gasteiger partial charge in [-0.25, -0.2) is 9.97 Å². The smallest absolute Gasteiger partial charge is 0.159 e. The summed E-state index contributed by atoms with van der Waals surface area (Å²) >= 11 is 11.6. The third-order valence-electron chi connectivity index (χ3n) is 1.59. The average molecular weight is 202 g/mol. The molecule has 0 saturated carbocycles. The van der Waals surface area contributed by atoms with E-state index in [-0.39, 0.29) is 0 Å². The van der Waals surface area contributed by atoms with Crippen LogP contribution in [0.1, 0.15) is 5.82 Å². The van der Waals surface area contributed by atoms with Crippen LogP contribution in [0.25, 0.3) is 5.65 Å². The third kappa shape index (κ3) is 1.06. The summed E-state index contributed by atoms with van der Waals surface area (Å²) in [6, 6.07) is 1.59. The quantitative estimate of drug-likeness (QED) is 0.613. The van der Waals surface area contributed by atoms with Gasteiger partial charge in [-0.1, -0.05) is 23.2 Å². The van der Waals surface area contributed by atoms with E-state index in [1.54, 1.807) is 16.7 Å². The minimum absolute atomic E-state index is 0.382. The fourth-order valence-corrected chi connectivity index (χ4v) is 1.64. The molecule has 0 bridgehead atoms. The first-order valence-electron chi connectivity index (χ1n) is 3.34. The van der Waals surface area contributed by atoms with Gasteiger partial charge in [0.1, 0.15) is 16.1 Å². The molecule has 0 saturated heterocycles. The molecule has 0 aromatic carbocycles. The maximum atomic E-state index is 5.91. The van der Waals surface area contributed by atoms with Crippen molar-refractivity contribution in [3.63, 3.8) is 0 Å². The monoisotopic (exact) mass is 201 g/mol. The van der Waals surface area contributed by atoms with Gasteiger partial charge in [0.15, 0.2) is 5.65 Å². The van der Waals surface area contributed by atoms with E-state index in [0.717, 1.165) is 5.82 Å². The fourth-order valence-electron chi connectivity index (χ4n) is 1.08. The minimum Gasteiger partial charge on any atom is -0.271 e. The first-order valence-corrected chi connectivity index (χ1v) is 4.10. The van der Waals surface area contributed by atoms with Gasteiger partial charge in [0.2, 0.25) is 0 Å². The van der Waals surface area contributed by atoms with E-state index in [4.69, 9.17) is 23.2 Å². The van der Waals surface area contributed by atoms with Crippen molar-refractivity contribution in [3.8, 4) is 0 Å². The number of hydrogen-bond acceptors (Lipinski definition) is 2. The third-order valence-corrected chi connectivity index (χ3v) is 2.06. The number of aromatic nitrogens is 3. The van der Waals surface area contributed by atoms with Gasteiger partial charge in [0.25, 0.3) is 0 Å². The molecule has 0 aliphatic rings.